The zero-order valence-electron chi connectivity index (χ0n) is 10.8. The topological polar surface area (TPSA) is 20.2 Å². The van der Waals surface area contributed by atoms with E-state index in [0.29, 0.717) is 25.7 Å². The number of hydrogen-bond acceptors (Lipinski definition) is 1. The molecule has 0 radical (unpaired) electrons. The largest absolute Gasteiger partial charge is 0.417 e. The van der Waals surface area contributed by atoms with Gasteiger partial charge in [-0.15, -0.1) is 0 Å². The summed E-state index contributed by atoms with van der Waals surface area (Å²) in [5, 5.41) is 10.5. The molecule has 1 nitrogen and oxygen atoms in total. The van der Waals surface area contributed by atoms with Crippen molar-refractivity contribution in [3.63, 3.8) is 0 Å². The fraction of sp³-hybridized carbons (Fsp3) is 1.00. The van der Waals surface area contributed by atoms with Crippen molar-refractivity contribution in [3.05, 3.63) is 0 Å². The van der Waals surface area contributed by atoms with Crippen LogP contribution in [0.5, 0.6) is 0 Å². The van der Waals surface area contributed by atoms with E-state index in [1.807, 2.05) is 0 Å². The van der Waals surface area contributed by atoms with Crippen LogP contribution in [0.2, 0.25) is 0 Å². The molecule has 2 aliphatic carbocycles. The molecule has 0 heterocycles. The first kappa shape index (κ1) is 14.2. The normalized spacial score (nSPS) is 25.3. The van der Waals surface area contributed by atoms with Gasteiger partial charge in [0.2, 0.25) is 0 Å². The lowest BCUT2D eigenvalue weighted by atomic mass is 9.66. The van der Waals surface area contributed by atoms with Gasteiger partial charge >= 0.3 is 6.18 Å². The Kier molecular flexibility index (Phi) is 4.25. The molecule has 106 valence electrons. The van der Waals surface area contributed by atoms with E-state index < -0.39 is 23.6 Å². The van der Waals surface area contributed by atoms with Gasteiger partial charge in [-0.1, -0.05) is 38.5 Å². The molecule has 1 N–H and O–H groups in total. The Morgan fingerprint density at radius 1 is 0.667 bits per heavy atom. The standard InChI is InChI=1S/C14H23F3O/c15-14(16,17)13(18,11-7-3-1-4-8-11)12-9-5-2-6-10-12/h11-12,18H,1-10H2. The lowest BCUT2D eigenvalue weighted by Gasteiger charge is -2.46. The predicted octanol–water partition coefficient (Wildman–Crippen LogP) is 4.44. The Morgan fingerprint density at radius 3 is 1.28 bits per heavy atom. The summed E-state index contributed by atoms with van der Waals surface area (Å²) in [5.74, 6) is -1.15. The molecule has 18 heavy (non-hydrogen) atoms. The smallest absolute Gasteiger partial charge is 0.380 e. The molecular formula is C14H23F3O. The van der Waals surface area contributed by atoms with Crippen LogP contribution in [0.15, 0.2) is 0 Å². The third-order valence-corrected chi connectivity index (χ3v) is 4.91. The van der Waals surface area contributed by atoms with Crippen molar-refractivity contribution in [3.8, 4) is 0 Å². The number of hydrogen-bond donors (Lipinski definition) is 1. The van der Waals surface area contributed by atoms with Gasteiger partial charge in [0.1, 0.15) is 0 Å². The van der Waals surface area contributed by atoms with E-state index in [2.05, 4.69) is 0 Å². The van der Waals surface area contributed by atoms with Crippen LogP contribution in [-0.4, -0.2) is 16.9 Å². The first-order valence-corrected chi connectivity index (χ1v) is 7.25. The molecular weight excluding hydrogens is 241 g/mol. The van der Waals surface area contributed by atoms with Crippen LogP contribution in [0.1, 0.15) is 64.2 Å². The lowest BCUT2D eigenvalue weighted by molar-refractivity contribution is -0.305. The van der Waals surface area contributed by atoms with E-state index in [-0.39, 0.29) is 0 Å². The van der Waals surface area contributed by atoms with E-state index in [1.54, 1.807) is 0 Å². The maximum atomic E-state index is 13.4. The molecule has 0 aromatic carbocycles. The fourth-order valence-corrected chi connectivity index (χ4v) is 3.88. The van der Waals surface area contributed by atoms with Gasteiger partial charge in [0, 0.05) is 0 Å². The second-order valence-corrected chi connectivity index (χ2v) is 5.99. The van der Waals surface area contributed by atoms with Crippen LogP contribution in [0, 0.1) is 11.8 Å². The van der Waals surface area contributed by atoms with Crippen LogP contribution in [0.25, 0.3) is 0 Å². The Morgan fingerprint density at radius 2 is 1.00 bits per heavy atom. The van der Waals surface area contributed by atoms with Gasteiger partial charge in [-0.25, -0.2) is 0 Å². The Bertz CT molecular complexity index is 245. The van der Waals surface area contributed by atoms with Crippen LogP contribution in [0.3, 0.4) is 0 Å². The highest BCUT2D eigenvalue weighted by atomic mass is 19.4. The summed E-state index contributed by atoms with van der Waals surface area (Å²) < 4.78 is 40.3. The predicted molar refractivity (Wildman–Crippen MR) is 64.2 cm³/mol. The molecule has 2 rings (SSSR count). The maximum Gasteiger partial charge on any atom is 0.417 e. The van der Waals surface area contributed by atoms with Crippen molar-refractivity contribution in [2.24, 2.45) is 11.8 Å². The van der Waals surface area contributed by atoms with Crippen molar-refractivity contribution in [1.29, 1.82) is 0 Å². The second-order valence-electron chi connectivity index (χ2n) is 5.99. The zero-order valence-corrected chi connectivity index (χ0v) is 10.8. The molecule has 2 aliphatic rings. The Labute approximate surface area is 107 Å². The minimum absolute atomic E-state index is 0.534. The Balaban J connectivity index is 2.21. The van der Waals surface area contributed by atoms with Gasteiger partial charge in [-0.3, -0.25) is 0 Å². The highest BCUT2D eigenvalue weighted by Gasteiger charge is 2.61. The zero-order chi connectivity index (χ0) is 13.2. The maximum absolute atomic E-state index is 13.4. The van der Waals surface area contributed by atoms with Crippen molar-refractivity contribution in [2.75, 3.05) is 0 Å². The third kappa shape index (κ3) is 2.54. The minimum Gasteiger partial charge on any atom is -0.380 e. The molecule has 0 aromatic rings. The summed E-state index contributed by atoms with van der Waals surface area (Å²) in [6, 6.07) is 0. The van der Waals surface area contributed by atoms with E-state index in [0.717, 1.165) is 38.5 Å². The third-order valence-electron chi connectivity index (χ3n) is 4.91. The molecule has 0 aromatic heterocycles. The summed E-state index contributed by atoms with van der Waals surface area (Å²) in [5.41, 5.74) is -2.42. The van der Waals surface area contributed by atoms with E-state index in [4.69, 9.17) is 0 Å². The summed E-state index contributed by atoms with van der Waals surface area (Å²) in [6.07, 6.45) is 3.00. The summed E-state index contributed by atoms with van der Waals surface area (Å²) in [7, 11) is 0. The molecule has 0 bridgehead atoms. The first-order chi connectivity index (χ1) is 8.46. The quantitative estimate of drug-likeness (QED) is 0.781. The molecule has 0 saturated heterocycles. The SMILES string of the molecule is OC(C1CCCCC1)(C1CCCCC1)C(F)(F)F. The van der Waals surface area contributed by atoms with Gasteiger partial charge in [0.05, 0.1) is 0 Å². The van der Waals surface area contributed by atoms with E-state index in [9.17, 15) is 18.3 Å². The van der Waals surface area contributed by atoms with Gasteiger partial charge in [0.15, 0.2) is 5.60 Å². The van der Waals surface area contributed by atoms with Crippen molar-refractivity contribution in [1.82, 2.24) is 0 Å². The van der Waals surface area contributed by atoms with E-state index >= 15 is 0 Å². The number of rotatable bonds is 2. The van der Waals surface area contributed by atoms with Crippen molar-refractivity contribution in [2.45, 2.75) is 76.0 Å². The molecule has 0 spiro atoms. The average Bonchev–Trinajstić information content (AvgIpc) is 2.38. The van der Waals surface area contributed by atoms with Crippen LogP contribution < -0.4 is 0 Å². The highest BCUT2D eigenvalue weighted by Crippen LogP contribution is 2.50. The number of alkyl halides is 3. The Hall–Kier alpha value is -0.250. The van der Waals surface area contributed by atoms with Gasteiger partial charge in [-0.2, -0.15) is 13.2 Å². The van der Waals surface area contributed by atoms with Gasteiger partial charge < -0.3 is 5.11 Å². The van der Waals surface area contributed by atoms with Gasteiger partial charge in [-0.05, 0) is 37.5 Å². The molecule has 0 atom stereocenters. The molecule has 4 heteroatoms. The summed E-state index contributed by atoms with van der Waals surface area (Å²) >= 11 is 0. The van der Waals surface area contributed by atoms with Crippen molar-refractivity contribution < 1.29 is 18.3 Å². The molecule has 2 saturated carbocycles. The van der Waals surface area contributed by atoms with Crippen LogP contribution in [-0.2, 0) is 0 Å². The monoisotopic (exact) mass is 264 g/mol. The van der Waals surface area contributed by atoms with Crippen LogP contribution >= 0.6 is 0 Å². The minimum atomic E-state index is -4.48. The highest BCUT2D eigenvalue weighted by molar-refractivity contribution is 5.00. The summed E-state index contributed by atoms with van der Waals surface area (Å²) in [6.45, 7) is 0. The lowest BCUT2D eigenvalue weighted by Crippen LogP contribution is -2.57. The number of halogens is 3. The molecule has 2 fully saturated rings. The number of aliphatic hydroxyl groups is 1. The molecule has 0 unspecified atom stereocenters. The van der Waals surface area contributed by atoms with Crippen molar-refractivity contribution >= 4 is 0 Å². The fourth-order valence-electron chi connectivity index (χ4n) is 3.88. The molecule has 0 amide bonds. The second kappa shape index (κ2) is 5.40. The summed E-state index contributed by atoms with van der Waals surface area (Å²) in [4.78, 5) is 0. The van der Waals surface area contributed by atoms with Crippen LogP contribution in [0.4, 0.5) is 13.2 Å². The van der Waals surface area contributed by atoms with Gasteiger partial charge in [0.25, 0.3) is 0 Å². The molecule has 0 aliphatic heterocycles. The van der Waals surface area contributed by atoms with E-state index in [1.165, 1.54) is 0 Å². The first-order valence-electron chi connectivity index (χ1n) is 7.25. The average molecular weight is 264 g/mol.